The predicted molar refractivity (Wildman–Crippen MR) is 112 cm³/mol. The molecule has 0 spiro atoms. The number of aromatic nitrogens is 1. The van der Waals surface area contributed by atoms with Crippen molar-refractivity contribution in [3.05, 3.63) is 41.1 Å². The molecule has 8 heteroatoms. The van der Waals surface area contributed by atoms with Crippen molar-refractivity contribution >= 4 is 34.7 Å². The van der Waals surface area contributed by atoms with Gasteiger partial charge in [0.05, 0.1) is 30.4 Å². The maximum atomic E-state index is 13.1. The van der Waals surface area contributed by atoms with Crippen LogP contribution in [-0.2, 0) is 20.9 Å². The molecule has 1 aromatic carbocycles. The number of amides is 4. The average Bonchev–Trinajstić information content (AvgIpc) is 2.97. The van der Waals surface area contributed by atoms with Crippen molar-refractivity contribution in [2.45, 2.75) is 52.1 Å². The van der Waals surface area contributed by atoms with Gasteiger partial charge in [-0.1, -0.05) is 38.0 Å². The first kappa shape index (κ1) is 21.0. The van der Waals surface area contributed by atoms with Gasteiger partial charge < -0.3 is 4.74 Å². The quantitative estimate of drug-likeness (QED) is 0.426. The van der Waals surface area contributed by atoms with Crippen molar-refractivity contribution in [2.75, 3.05) is 7.11 Å². The molecule has 0 N–H and O–H groups in total. The Labute approximate surface area is 180 Å². The van der Waals surface area contributed by atoms with Crippen LogP contribution in [0.3, 0.4) is 0 Å². The molecular formula is C23H25N3O5. The number of methoxy groups -OCH3 is 1. The summed E-state index contributed by atoms with van der Waals surface area (Å²) in [7, 11) is 1.27. The van der Waals surface area contributed by atoms with Gasteiger partial charge in [0.25, 0.3) is 0 Å². The molecule has 1 saturated carbocycles. The van der Waals surface area contributed by atoms with Gasteiger partial charge in [0.1, 0.15) is 0 Å². The number of urea groups is 1. The molecule has 1 aliphatic heterocycles. The number of fused-ring (bicyclic) bond motifs is 1. The summed E-state index contributed by atoms with van der Waals surface area (Å²) < 4.78 is 4.93. The van der Waals surface area contributed by atoms with E-state index in [1.165, 1.54) is 7.11 Å². The molecule has 162 valence electrons. The van der Waals surface area contributed by atoms with Crippen LogP contribution in [0.4, 0.5) is 4.79 Å². The van der Waals surface area contributed by atoms with E-state index in [0.29, 0.717) is 17.5 Å². The van der Waals surface area contributed by atoms with Crippen LogP contribution in [0.15, 0.2) is 24.3 Å². The molecule has 2 aromatic rings. The minimum Gasteiger partial charge on any atom is -0.465 e. The van der Waals surface area contributed by atoms with Gasteiger partial charge >= 0.3 is 23.8 Å². The third kappa shape index (κ3) is 3.45. The number of hydrogen-bond donors (Lipinski definition) is 0. The number of ether oxygens (including phenoxy) is 1. The molecule has 0 bridgehead atoms. The number of carbonyl (C=O) groups is 4. The van der Waals surface area contributed by atoms with E-state index in [0.717, 1.165) is 34.4 Å². The normalized spacial score (nSPS) is 21.8. The second kappa shape index (κ2) is 8.09. The molecule has 2 fully saturated rings. The van der Waals surface area contributed by atoms with Crippen molar-refractivity contribution in [3.8, 4) is 0 Å². The Kier molecular flexibility index (Phi) is 5.47. The van der Waals surface area contributed by atoms with Gasteiger partial charge in [-0.3, -0.25) is 14.5 Å². The molecular weight excluding hydrogens is 398 g/mol. The predicted octanol–water partition coefficient (Wildman–Crippen LogP) is 3.20. The van der Waals surface area contributed by atoms with E-state index in [9.17, 15) is 19.2 Å². The fraction of sp³-hybridized carbons (Fsp3) is 0.435. The molecule has 4 rings (SSSR count). The first-order valence-electron chi connectivity index (χ1n) is 10.5. The molecule has 1 aliphatic carbocycles. The molecule has 1 aromatic heterocycles. The van der Waals surface area contributed by atoms with Crippen LogP contribution in [0.25, 0.3) is 10.9 Å². The van der Waals surface area contributed by atoms with Crippen LogP contribution in [0.2, 0.25) is 0 Å². The van der Waals surface area contributed by atoms with Gasteiger partial charge in [-0.25, -0.2) is 19.5 Å². The standard InChI is InChI=1S/C23H25N3O5/c1-13-8-4-7-11-18(13)26-21(28)20(27)25(23(26)30)12-17-19(22(29)31-3)14(2)15-9-5-6-10-16(15)24-17/h5-6,9-10,13,18H,4,7-8,11-12H2,1-3H3/t13-,18-/m0/s1. The number of imide groups is 2. The Balaban J connectivity index is 1.73. The fourth-order valence-electron chi connectivity index (χ4n) is 4.71. The Hall–Kier alpha value is -3.29. The summed E-state index contributed by atoms with van der Waals surface area (Å²) in [5.41, 5.74) is 1.72. The average molecular weight is 423 g/mol. The van der Waals surface area contributed by atoms with Crippen molar-refractivity contribution in [3.63, 3.8) is 0 Å². The highest BCUT2D eigenvalue weighted by Gasteiger charge is 2.49. The first-order valence-corrected chi connectivity index (χ1v) is 10.5. The van der Waals surface area contributed by atoms with E-state index < -0.39 is 23.8 Å². The minimum absolute atomic E-state index is 0.140. The van der Waals surface area contributed by atoms with Crippen molar-refractivity contribution < 1.29 is 23.9 Å². The number of hydrogen-bond acceptors (Lipinski definition) is 6. The van der Waals surface area contributed by atoms with Crippen LogP contribution in [0.5, 0.6) is 0 Å². The van der Waals surface area contributed by atoms with Crippen LogP contribution in [0, 0.1) is 12.8 Å². The van der Waals surface area contributed by atoms with Crippen molar-refractivity contribution in [1.29, 1.82) is 0 Å². The SMILES string of the molecule is COC(=O)c1c(CN2C(=O)C(=O)N([C@H]3CCCC[C@@H]3C)C2=O)nc2ccccc2c1C. The first-order chi connectivity index (χ1) is 14.8. The molecule has 2 aliphatic rings. The number of nitrogens with zero attached hydrogens (tertiary/aromatic N) is 3. The largest absolute Gasteiger partial charge is 0.465 e. The Morgan fingerprint density at radius 3 is 2.55 bits per heavy atom. The Morgan fingerprint density at radius 2 is 1.84 bits per heavy atom. The molecule has 1 saturated heterocycles. The number of aryl methyl sites for hydroxylation is 1. The third-order valence-electron chi connectivity index (χ3n) is 6.41. The number of rotatable bonds is 4. The number of pyridine rings is 1. The lowest BCUT2D eigenvalue weighted by atomic mass is 9.85. The van der Waals surface area contributed by atoms with E-state index in [4.69, 9.17) is 4.74 Å². The summed E-state index contributed by atoms with van der Waals surface area (Å²) in [6.45, 7) is 3.51. The summed E-state index contributed by atoms with van der Waals surface area (Å²) in [4.78, 5) is 57.7. The van der Waals surface area contributed by atoms with E-state index >= 15 is 0 Å². The second-order valence-electron chi connectivity index (χ2n) is 8.25. The monoisotopic (exact) mass is 423 g/mol. The lowest BCUT2D eigenvalue weighted by Gasteiger charge is -2.34. The summed E-state index contributed by atoms with van der Waals surface area (Å²) in [6, 6.07) is 6.37. The summed E-state index contributed by atoms with van der Waals surface area (Å²) in [5.74, 6) is -2.15. The Bertz CT molecular complexity index is 1100. The number of benzene rings is 1. The molecule has 4 amide bonds. The van der Waals surface area contributed by atoms with Gasteiger partial charge in [-0.05, 0) is 37.3 Å². The van der Waals surface area contributed by atoms with E-state index in [-0.39, 0.29) is 29.8 Å². The topological polar surface area (TPSA) is 96.9 Å². The fourth-order valence-corrected chi connectivity index (χ4v) is 4.71. The summed E-state index contributed by atoms with van der Waals surface area (Å²) in [5, 5.41) is 0.777. The van der Waals surface area contributed by atoms with Crippen LogP contribution >= 0.6 is 0 Å². The smallest absolute Gasteiger partial charge is 0.340 e. The highest BCUT2D eigenvalue weighted by atomic mass is 16.5. The third-order valence-corrected chi connectivity index (χ3v) is 6.41. The zero-order valence-electron chi connectivity index (χ0n) is 17.9. The lowest BCUT2D eigenvalue weighted by molar-refractivity contribution is -0.144. The number of esters is 1. The van der Waals surface area contributed by atoms with Gasteiger partial charge in [0.15, 0.2) is 0 Å². The minimum atomic E-state index is -0.883. The van der Waals surface area contributed by atoms with Crippen LogP contribution in [-0.4, -0.2) is 51.8 Å². The van der Waals surface area contributed by atoms with Gasteiger partial charge in [-0.15, -0.1) is 0 Å². The van der Waals surface area contributed by atoms with E-state index in [1.807, 2.05) is 25.1 Å². The second-order valence-corrected chi connectivity index (χ2v) is 8.25. The zero-order chi connectivity index (χ0) is 22.3. The van der Waals surface area contributed by atoms with E-state index in [1.54, 1.807) is 13.0 Å². The molecule has 31 heavy (non-hydrogen) atoms. The molecule has 0 unspecified atom stereocenters. The maximum absolute atomic E-state index is 13.1. The van der Waals surface area contributed by atoms with Gasteiger partial charge in [0.2, 0.25) is 0 Å². The summed E-state index contributed by atoms with van der Waals surface area (Å²) >= 11 is 0. The summed E-state index contributed by atoms with van der Waals surface area (Å²) in [6.07, 6.45) is 3.57. The maximum Gasteiger partial charge on any atom is 0.340 e. The Morgan fingerprint density at radius 1 is 1.13 bits per heavy atom. The molecule has 0 radical (unpaired) electrons. The van der Waals surface area contributed by atoms with Gasteiger partial charge in [0, 0.05) is 11.4 Å². The van der Waals surface area contributed by atoms with Gasteiger partial charge in [-0.2, -0.15) is 0 Å². The zero-order valence-corrected chi connectivity index (χ0v) is 17.9. The van der Waals surface area contributed by atoms with E-state index in [2.05, 4.69) is 4.98 Å². The molecule has 8 nitrogen and oxygen atoms in total. The van der Waals surface area contributed by atoms with Crippen molar-refractivity contribution in [2.24, 2.45) is 5.92 Å². The van der Waals surface area contributed by atoms with Crippen LogP contribution in [0.1, 0.15) is 54.2 Å². The molecule has 2 atom stereocenters. The number of para-hydroxylation sites is 1. The number of carbonyl (C=O) groups excluding carboxylic acids is 4. The highest BCUT2D eigenvalue weighted by Crippen LogP contribution is 2.32. The molecule has 2 heterocycles. The highest BCUT2D eigenvalue weighted by molar-refractivity contribution is 6.44. The van der Waals surface area contributed by atoms with Crippen LogP contribution < -0.4 is 0 Å². The lowest BCUT2D eigenvalue weighted by Crippen LogP contribution is -2.46. The van der Waals surface area contributed by atoms with Crippen molar-refractivity contribution in [1.82, 2.24) is 14.8 Å².